The molecule has 6 heteroatoms. The fourth-order valence-corrected chi connectivity index (χ4v) is 3.99. The van der Waals surface area contributed by atoms with Crippen LogP contribution in [0.25, 0.3) is 0 Å². The second-order valence-corrected chi connectivity index (χ2v) is 9.01. The van der Waals surface area contributed by atoms with Crippen LogP contribution in [0.3, 0.4) is 0 Å². The topological polar surface area (TPSA) is 69.7 Å². The van der Waals surface area contributed by atoms with Crippen LogP contribution in [0, 0.1) is 0 Å². The van der Waals surface area contributed by atoms with E-state index in [0.717, 1.165) is 19.3 Å². The van der Waals surface area contributed by atoms with Gasteiger partial charge in [0.1, 0.15) is 0 Å². The van der Waals surface area contributed by atoms with E-state index in [9.17, 15) is 12.9 Å². The summed E-state index contributed by atoms with van der Waals surface area (Å²) in [6.07, 6.45) is 19.1. The van der Waals surface area contributed by atoms with Crippen LogP contribution in [0.2, 0.25) is 0 Å². The Kier molecular flexibility index (Phi) is 18.9. The minimum absolute atomic E-state index is 0.138. The number of carbonyl (C=O) groups is 2. The van der Waals surface area contributed by atoms with E-state index in [0.29, 0.717) is 0 Å². The van der Waals surface area contributed by atoms with Crippen LogP contribution in [0.1, 0.15) is 117 Å². The predicted molar refractivity (Wildman–Crippen MR) is 107 cm³/mol. The van der Waals surface area contributed by atoms with Gasteiger partial charge in [0.2, 0.25) is 0 Å². The van der Waals surface area contributed by atoms with E-state index in [4.69, 9.17) is 0 Å². The molecule has 0 aliphatic carbocycles. The van der Waals surface area contributed by atoms with Crippen LogP contribution in [0.5, 0.6) is 0 Å². The summed E-state index contributed by atoms with van der Waals surface area (Å²) in [4.78, 5) is 22.7. The Morgan fingerprint density at radius 2 is 1.11 bits per heavy atom. The van der Waals surface area contributed by atoms with Crippen molar-refractivity contribution < 1.29 is 38.2 Å². The molecule has 0 saturated heterocycles. The monoisotopic (exact) mass is 432 g/mol. The SMILES string of the molecule is C=C(C)C(=O)[O][Ti](=[O])[O]C(=O)CCCCCCCCCCCCCCCCC. The first-order valence-electron chi connectivity index (χ1n) is 11.1. The summed E-state index contributed by atoms with van der Waals surface area (Å²) in [5.74, 6) is -1.32. The van der Waals surface area contributed by atoms with Gasteiger partial charge in [-0.2, -0.15) is 0 Å². The zero-order valence-electron chi connectivity index (χ0n) is 18.1. The smallest absolute Gasteiger partial charge is 0.0654 e. The van der Waals surface area contributed by atoms with Gasteiger partial charge >= 0.3 is 133 Å². The average molecular weight is 432 g/mol. The van der Waals surface area contributed by atoms with Crippen molar-refractivity contribution in [3.05, 3.63) is 12.2 Å². The van der Waals surface area contributed by atoms with Gasteiger partial charge in [-0.25, -0.2) is 0 Å². The van der Waals surface area contributed by atoms with E-state index in [2.05, 4.69) is 20.1 Å². The molecule has 0 saturated carbocycles. The molecule has 0 aliphatic rings. The molecule has 0 spiro atoms. The van der Waals surface area contributed by atoms with E-state index in [1.165, 1.54) is 84.0 Å². The van der Waals surface area contributed by atoms with Crippen LogP contribution in [-0.2, 0) is 38.2 Å². The second kappa shape index (κ2) is 19.5. The van der Waals surface area contributed by atoms with E-state index >= 15 is 0 Å². The molecule has 0 aromatic heterocycles. The molecule has 0 heterocycles. The van der Waals surface area contributed by atoms with Crippen molar-refractivity contribution in [3.63, 3.8) is 0 Å². The van der Waals surface area contributed by atoms with Crippen molar-refractivity contribution in [2.75, 3.05) is 0 Å². The molecule has 0 amide bonds. The van der Waals surface area contributed by atoms with Gasteiger partial charge < -0.3 is 0 Å². The zero-order chi connectivity index (χ0) is 21.0. The van der Waals surface area contributed by atoms with Gasteiger partial charge in [-0.15, -0.1) is 0 Å². The van der Waals surface area contributed by atoms with Gasteiger partial charge in [0.15, 0.2) is 0 Å². The summed E-state index contributed by atoms with van der Waals surface area (Å²) >= 11 is -3.75. The molecule has 0 unspecified atom stereocenters. The van der Waals surface area contributed by atoms with Crippen LogP contribution in [-0.4, -0.2) is 11.9 Å². The predicted octanol–water partition coefficient (Wildman–Crippen LogP) is 6.70. The van der Waals surface area contributed by atoms with Gasteiger partial charge in [-0.3, -0.25) is 0 Å². The van der Waals surface area contributed by atoms with E-state index < -0.39 is 30.6 Å². The van der Waals surface area contributed by atoms with E-state index in [1.807, 2.05) is 0 Å². The van der Waals surface area contributed by atoms with Crippen molar-refractivity contribution in [2.45, 2.75) is 117 Å². The fourth-order valence-electron chi connectivity index (χ4n) is 2.97. The minimum Gasteiger partial charge on any atom is -0.0654 e. The number of rotatable bonds is 19. The Morgan fingerprint density at radius 3 is 1.50 bits per heavy atom. The molecule has 0 aromatic carbocycles. The van der Waals surface area contributed by atoms with Gasteiger partial charge in [0, 0.05) is 0 Å². The van der Waals surface area contributed by atoms with Gasteiger partial charge in [-0.05, 0) is 0 Å². The molecule has 0 aromatic rings. The maximum atomic E-state index is 11.5. The van der Waals surface area contributed by atoms with Crippen LogP contribution < -0.4 is 0 Å². The number of unbranched alkanes of at least 4 members (excludes halogenated alkanes) is 14. The number of hydrogen-bond acceptors (Lipinski definition) is 5. The molecule has 28 heavy (non-hydrogen) atoms. The molecule has 0 aliphatic heterocycles. The first kappa shape index (κ1) is 27.2. The second-order valence-electron chi connectivity index (χ2n) is 7.59. The summed E-state index contributed by atoms with van der Waals surface area (Å²) in [5, 5.41) is 0. The van der Waals surface area contributed by atoms with E-state index in [-0.39, 0.29) is 12.0 Å². The van der Waals surface area contributed by atoms with Gasteiger partial charge in [-0.1, -0.05) is 45.4 Å². The first-order valence-corrected chi connectivity index (χ1v) is 13.0. The molecule has 5 nitrogen and oxygen atoms in total. The zero-order valence-corrected chi connectivity index (χ0v) is 19.6. The quantitative estimate of drug-likeness (QED) is 0.129. The Hall–Kier alpha value is -0.806. The summed E-state index contributed by atoms with van der Waals surface area (Å²) < 4.78 is 20.7. The van der Waals surface area contributed by atoms with Crippen LogP contribution in [0.4, 0.5) is 0 Å². The van der Waals surface area contributed by atoms with Gasteiger partial charge in [0.25, 0.3) is 0 Å². The van der Waals surface area contributed by atoms with Crippen molar-refractivity contribution in [3.8, 4) is 0 Å². The molecule has 162 valence electrons. The fraction of sp³-hybridized carbons (Fsp3) is 0.818. The summed E-state index contributed by atoms with van der Waals surface area (Å²) in [6, 6.07) is 0. The maximum absolute atomic E-state index is 11.5. The Bertz CT molecular complexity index is 462. The minimum atomic E-state index is -3.75. The Morgan fingerprint density at radius 1 is 0.714 bits per heavy atom. The molecule has 0 atom stereocenters. The molecular weight excluding hydrogens is 392 g/mol. The molecule has 0 fully saturated rings. The summed E-state index contributed by atoms with van der Waals surface area (Å²) in [5.41, 5.74) is 0.138. The number of hydrogen-bond donors (Lipinski definition) is 0. The first-order chi connectivity index (χ1) is 13.5. The van der Waals surface area contributed by atoms with Crippen molar-refractivity contribution in [1.82, 2.24) is 0 Å². The Balaban J connectivity index is 3.34. The third-order valence-electron chi connectivity index (χ3n) is 4.71. The van der Waals surface area contributed by atoms with Crippen LogP contribution >= 0.6 is 0 Å². The molecule has 0 N–H and O–H groups in total. The third-order valence-corrected chi connectivity index (χ3v) is 5.87. The van der Waals surface area contributed by atoms with E-state index in [1.54, 1.807) is 0 Å². The van der Waals surface area contributed by atoms with Gasteiger partial charge in [0.05, 0.1) is 0 Å². The van der Waals surface area contributed by atoms with Crippen LogP contribution in [0.15, 0.2) is 12.2 Å². The molecule has 0 radical (unpaired) electrons. The molecular formula is C22H40O5Ti. The third kappa shape index (κ3) is 18.6. The molecule has 0 rings (SSSR count). The normalized spacial score (nSPS) is 10.5. The average Bonchev–Trinajstić information content (AvgIpc) is 2.64. The Labute approximate surface area is 178 Å². The summed E-state index contributed by atoms with van der Waals surface area (Å²) in [6.45, 7) is 7.09. The summed E-state index contributed by atoms with van der Waals surface area (Å²) in [7, 11) is 0. The number of carbonyl (C=O) groups excluding carboxylic acids is 2. The standard InChI is InChI=1S/C18H36O2.C4H6O2.O.Ti/c1-2-3-4-5-6-7-8-9-10-11-12-13-14-15-16-17-18(19)20;1-3(2)4(5)6;;/h2-17H2,1H3,(H,19,20);1H2,2H3,(H,5,6);;/q;;;+2/p-2. The van der Waals surface area contributed by atoms with Crippen molar-refractivity contribution >= 4 is 11.9 Å². The molecule has 0 bridgehead atoms. The van der Waals surface area contributed by atoms with Crippen molar-refractivity contribution in [1.29, 1.82) is 0 Å². The van der Waals surface area contributed by atoms with Crippen molar-refractivity contribution in [2.24, 2.45) is 0 Å².